The fourth-order valence-corrected chi connectivity index (χ4v) is 1.79. The second-order valence-corrected chi connectivity index (χ2v) is 4.24. The zero-order valence-corrected chi connectivity index (χ0v) is 11.2. The first-order valence-corrected chi connectivity index (χ1v) is 5.75. The largest absolute Gasteiger partial charge is 0.495 e. The van der Waals surface area contributed by atoms with Crippen LogP contribution >= 0.6 is 11.6 Å². The van der Waals surface area contributed by atoms with Gasteiger partial charge in [0.15, 0.2) is 0 Å². The van der Waals surface area contributed by atoms with Crippen LogP contribution < -0.4 is 14.8 Å². The molecule has 0 saturated carbocycles. The van der Waals surface area contributed by atoms with Gasteiger partial charge in [0.2, 0.25) is 0 Å². The Kier molecular flexibility index (Phi) is 5.09. The Morgan fingerprint density at radius 3 is 2.50 bits per heavy atom. The maximum Gasteiger partial charge on any atom is 0.305 e. The van der Waals surface area contributed by atoms with Gasteiger partial charge >= 0.3 is 5.97 Å². The highest BCUT2D eigenvalue weighted by Gasteiger charge is 2.13. The molecular formula is C12H16ClNO4. The molecule has 0 fully saturated rings. The lowest BCUT2D eigenvalue weighted by molar-refractivity contribution is -0.137. The molecule has 100 valence electrons. The van der Waals surface area contributed by atoms with E-state index in [0.29, 0.717) is 22.2 Å². The van der Waals surface area contributed by atoms with Crippen LogP contribution in [0.3, 0.4) is 0 Å². The molecule has 2 N–H and O–H groups in total. The first kappa shape index (κ1) is 14.4. The number of benzene rings is 1. The van der Waals surface area contributed by atoms with Gasteiger partial charge in [0.05, 0.1) is 31.4 Å². The molecular weight excluding hydrogens is 258 g/mol. The van der Waals surface area contributed by atoms with Crippen molar-refractivity contribution in [3.05, 3.63) is 17.2 Å². The minimum atomic E-state index is -0.867. The third-order valence-electron chi connectivity index (χ3n) is 2.36. The third-order valence-corrected chi connectivity index (χ3v) is 2.65. The number of halogens is 1. The van der Waals surface area contributed by atoms with Crippen molar-refractivity contribution in [1.82, 2.24) is 0 Å². The zero-order valence-electron chi connectivity index (χ0n) is 10.5. The standard InChI is InChI=1S/C12H16ClNO4/c1-7(4-12(15)16)14-9-5-8(13)10(17-2)6-11(9)18-3/h5-7,14H,4H2,1-3H3,(H,15,16). The number of carboxylic acid groups (broad SMARTS) is 1. The predicted molar refractivity (Wildman–Crippen MR) is 69.9 cm³/mol. The molecule has 0 saturated heterocycles. The molecule has 1 atom stereocenters. The van der Waals surface area contributed by atoms with E-state index in [1.807, 2.05) is 0 Å². The van der Waals surface area contributed by atoms with Crippen LogP contribution in [0.5, 0.6) is 11.5 Å². The summed E-state index contributed by atoms with van der Waals surface area (Å²) in [6, 6.07) is 3.07. The molecule has 5 nitrogen and oxygen atoms in total. The lowest BCUT2D eigenvalue weighted by atomic mass is 10.2. The number of hydrogen-bond donors (Lipinski definition) is 2. The van der Waals surface area contributed by atoms with Gasteiger partial charge in [-0.3, -0.25) is 4.79 Å². The molecule has 1 aromatic rings. The van der Waals surface area contributed by atoms with Crippen LogP contribution in [0.1, 0.15) is 13.3 Å². The summed E-state index contributed by atoms with van der Waals surface area (Å²) < 4.78 is 10.3. The van der Waals surface area contributed by atoms with E-state index in [9.17, 15) is 4.79 Å². The van der Waals surface area contributed by atoms with Crippen molar-refractivity contribution in [3.63, 3.8) is 0 Å². The number of ether oxygens (including phenoxy) is 2. The quantitative estimate of drug-likeness (QED) is 0.834. The Balaban J connectivity index is 2.94. The molecule has 1 aromatic carbocycles. The molecule has 0 spiro atoms. The minimum Gasteiger partial charge on any atom is -0.495 e. The van der Waals surface area contributed by atoms with Gasteiger partial charge in [0.1, 0.15) is 11.5 Å². The normalized spacial score (nSPS) is 11.8. The van der Waals surface area contributed by atoms with E-state index in [4.69, 9.17) is 26.2 Å². The number of anilines is 1. The molecule has 0 amide bonds. The van der Waals surface area contributed by atoms with E-state index < -0.39 is 5.97 Å². The molecule has 0 radical (unpaired) electrons. The Hall–Kier alpha value is -1.62. The average molecular weight is 274 g/mol. The van der Waals surface area contributed by atoms with E-state index in [1.165, 1.54) is 14.2 Å². The second kappa shape index (κ2) is 6.35. The van der Waals surface area contributed by atoms with Crippen molar-refractivity contribution in [2.45, 2.75) is 19.4 Å². The summed E-state index contributed by atoms with van der Waals surface area (Å²) in [5.74, 6) is 0.187. The van der Waals surface area contributed by atoms with Gasteiger partial charge in [0.25, 0.3) is 0 Å². The molecule has 18 heavy (non-hydrogen) atoms. The van der Waals surface area contributed by atoms with Crippen LogP contribution in [-0.2, 0) is 4.79 Å². The number of methoxy groups -OCH3 is 2. The topological polar surface area (TPSA) is 67.8 Å². The molecule has 0 aliphatic heterocycles. The molecule has 0 aliphatic carbocycles. The van der Waals surface area contributed by atoms with Crippen molar-refractivity contribution in [3.8, 4) is 11.5 Å². The summed E-state index contributed by atoms with van der Waals surface area (Å²) in [6.45, 7) is 1.77. The van der Waals surface area contributed by atoms with E-state index in [1.54, 1.807) is 19.1 Å². The van der Waals surface area contributed by atoms with Gasteiger partial charge in [0, 0.05) is 12.1 Å². The summed E-state index contributed by atoms with van der Waals surface area (Å²) in [6.07, 6.45) is 0.00675. The number of nitrogens with one attached hydrogen (secondary N) is 1. The second-order valence-electron chi connectivity index (χ2n) is 3.83. The van der Waals surface area contributed by atoms with Crippen molar-refractivity contribution in [1.29, 1.82) is 0 Å². The Morgan fingerprint density at radius 1 is 1.39 bits per heavy atom. The number of carbonyl (C=O) groups is 1. The Bertz CT molecular complexity index is 436. The molecule has 1 rings (SSSR count). The van der Waals surface area contributed by atoms with Crippen molar-refractivity contribution in [2.75, 3.05) is 19.5 Å². The first-order chi connectivity index (χ1) is 8.47. The van der Waals surface area contributed by atoms with Crippen molar-refractivity contribution in [2.24, 2.45) is 0 Å². The lowest BCUT2D eigenvalue weighted by Crippen LogP contribution is -2.19. The lowest BCUT2D eigenvalue weighted by Gasteiger charge is -2.17. The number of hydrogen-bond acceptors (Lipinski definition) is 4. The first-order valence-electron chi connectivity index (χ1n) is 5.37. The summed E-state index contributed by atoms with van der Waals surface area (Å²) in [5, 5.41) is 12.2. The predicted octanol–water partition coefficient (Wildman–Crippen LogP) is 2.63. The monoisotopic (exact) mass is 273 g/mol. The van der Waals surface area contributed by atoms with Crippen molar-refractivity contribution < 1.29 is 19.4 Å². The zero-order chi connectivity index (χ0) is 13.7. The summed E-state index contributed by atoms with van der Waals surface area (Å²) in [4.78, 5) is 10.6. The van der Waals surface area contributed by atoms with E-state index in [0.717, 1.165) is 0 Å². The molecule has 0 heterocycles. The Morgan fingerprint density at radius 2 is 2.00 bits per heavy atom. The van der Waals surface area contributed by atoms with Gasteiger partial charge < -0.3 is 19.9 Å². The summed E-state index contributed by atoms with van der Waals surface area (Å²) >= 11 is 6.01. The fourth-order valence-electron chi connectivity index (χ4n) is 1.55. The fraction of sp³-hybridized carbons (Fsp3) is 0.417. The SMILES string of the molecule is COc1cc(OC)c(NC(C)CC(=O)O)cc1Cl. The molecule has 0 aliphatic rings. The highest BCUT2D eigenvalue weighted by atomic mass is 35.5. The maximum atomic E-state index is 10.6. The highest BCUT2D eigenvalue weighted by Crippen LogP contribution is 2.36. The van der Waals surface area contributed by atoms with Gasteiger partial charge in [-0.1, -0.05) is 11.6 Å². The van der Waals surface area contributed by atoms with E-state index in [2.05, 4.69) is 5.32 Å². The van der Waals surface area contributed by atoms with Crippen LogP contribution in [0.4, 0.5) is 5.69 Å². The van der Waals surface area contributed by atoms with Gasteiger partial charge in [-0.05, 0) is 13.0 Å². The van der Waals surface area contributed by atoms with E-state index >= 15 is 0 Å². The number of rotatable bonds is 6. The molecule has 0 bridgehead atoms. The smallest absolute Gasteiger partial charge is 0.305 e. The highest BCUT2D eigenvalue weighted by molar-refractivity contribution is 6.32. The van der Waals surface area contributed by atoms with Gasteiger partial charge in [-0.2, -0.15) is 0 Å². The van der Waals surface area contributed by atoms with Gasteiger partial charge in [-0.15, -0.1) is 0 Å². The Labute approximate surface area is 111 Å². The number of aliphatic carboxylic acids is 1. The van der Waals surface area contributed by atoms with Gasteiger partial charge in [-0.25, -0.2) is 0 Å². The van der Waals surface area contributed by atoms with Crippen molar-refractivity contribution >= 4 is 23.3 Å². The van der Waals surface area contributed by atoms with Crippen LogP contribution in [0.15, 0.2) is 12.1 Å². The van der Waals surface area contributed by atoms with Crippen LogP contribution in [0.25, 0.3) is 0 Å². The number of carboxylic acids is 1. The summed E-state index contributed by atoms with van der Waals surface area (Å²) in [7, 11) is 3.04. The molecule has 1 unspecified atom stereocenters. The molecule has 6 heteroatoms. The molecule has 0 aromatic heterocycles. The average Bonchev–Trinajstić information content (AvgIpc) is 2.28. The van der Waals surface area contributed by atoms with Crippen LogP contribution in [0, 0.1) is 0 Å². The minimum absolute atomic E-state index is 0.00675. The maximum absolute atomic E-state index is 10.6. The van der Waals surface area contributed by atoms with Crippen LogP contribution in [-0.4, -0.2) is 31.3 Å². The van der Waals surface area contributed by atoms with Crippen LogP contribution in [0.2, 0.25) is 5.02 Å². The summed E-state index contributed by atoms with van der Waals surface area (Å²) in [5.41, 5.74) is 0.636. The third kappa shape index (κ3) is 3.70. The van der Waals surface area contributed by atoms with E-state index in [-0.39, 0.29) is 12.5 Å².